The highest BCUT2D eigenvalue weighted by Gasteiger charge is 2.24. The van der Waals surface area contributed by atoms with Gasteiger partial charge in [-0.3, -0.25) is 4.68 Å². The fourth-order valence-electron chi connectivity index (χ4n) is 4.00. The molecule has 4 aromatic heterocycles. The quantitative estimate of drug-likeness (QED) is 0.486. The SMILES string of the molecule is CC1CCN(C)c2ncc(s2)-c2nccc(n2)Nc2cc3c(cn2)c(N2CCC2)nn31. The van der Waals surface area contributed by atoms with E-state index in [1.54, 1.807) is 17.5 Å². The van der Waals surface area contributed by atoms with E-state index >= 15 is 0 Å². The van der Waals surface area contributed by atoms with E-state index in [1.807, 2.05) is 18.5 Å². The molecule has 0 aliphatic carbocycles. The Hall–Kier alpha value is -3.27. The lowest BCUT2D eigenvalue weighted by Crippen LogP contribution is -2.37. The maximum atomic E-state index is 5.03. The number of fused-ring (bicyclic) bond motifs is 6. The molecule has 1 fully saturated rings. The third kappa shape index (κ3) is 3.18. The zero-order chi connectivity index (χ0) is 20.9. The molecule has 1 N–H and O–H groups in total. The predicted octanol–water partition coefficient (Wildman–Crippen LogP) is 3.70. The van der Waals surface area contributed by atoms with Gasteiger partial charge in [-0.2, -0.15) is 5.10 Å². The topological polar surface area (TPSA) is 87.9 Å². The number of nitrogens with zero attached hydrogens (tertiary/aromatic N) is 8. The average molecular weight is 434 g/mol. The van der Waals surface area contributed by atoms with Crippen LogP contribution in [0.1, 0.15) is 25.8 Å². The Labute approximate surface area is 183 Å². The second-order valence-corrected chi connectivity index (χ2v) is 9.16. The van der Waals surface area contributed by atoms with Crippen LogP contribution in [-0.2, 0) is 0 Å². The highest BCUT2D eigenvalue weighted by Crippen LogP contribution is 2.34. The molecule has 10 heteroatoms. The van der Waals surface area contributed by atoms with Gasteiger partial charge in [-0.05, 0) is 25.8 Å². The van der Waals surface area contributed by atoms with E-state index in [0.29, 0.717) is 11.6 Å². The number of hydrogen-bond acceptors (Lipinski definition) is 9. The molecular weight excluding hydrogens is 410 g/mol. The summed E-state index contributed by atoms with van der Waals surface area (Å²) in [6.07, 6.45) is 7.71. The first kappa shape index (κ1) is 18.5. The van der Waals surface area contributed by atoms with Crippen LogP contribution in [0.3, 0.4) is 0 Å². The van der Waals surface area contributed by atoms with Gasteiger partial charge in [-0.25, -0.2) is 19.9 Å². The van der Waals surface area contributed by atoms with Gasteiger partial charge in [0.15, 0.2) is 16.8 Å². The summed E-state index contributed by atoms with van der Waals surface area (Å²) < 4.78 is 2.15. The van der Waals surface area contributed by atoms with Crippen LogP contribution >= 0.6 is 11.3 Å². The molecule has 1 unspecified atom stereocenters. The zero-order valence-corrected chi connectivity index (χ0v) is 18.3. The van der Waals surface area contributed by atoms with Crippen LogP contribution in [0.5, 0.6) is 0 Å². The van der Waals surface area contributed by atoms with Gasteiger partial charge in [0.1, 0.15) is 11.6 Å². The fourth-order valence-corrected chi connectivity index (χ4v) is 4.85. The Morgan fingerprint density at radius 2 is 2.00 bits per heavy atom. The van der Waals surface area contributed by atoms with Crippen molar-refractivity contribution >= 4 is 44.8 Å². The molecule has 158 valence electrons. The third-order valence-electron chi connectivity index (χ3n) is 5.98. The lowest BCUT2D eigenvalue weighted by atomic mass is 10.2. The van der Waals surface area contributed by atoms with E-state index < -0.39 is 0 Å². The van der Waals surface area contributed by atoms with Gasteiger partial charge in [0.2, 0.25) is 0 Å². The molecular formula is C21H23N9S. The molecule has 2 aliphatic heterocycles. The Morgan fingerprint density at radius 3 is 2.84 bits per heavy atom. The third-order valence-corrected chi connectivity index (χ3v) is 7.09. The normalized spacial score (nSPS) is 18.5. The molecule has 0 aromatic carbocycles. The molecule has 0 spiro atoms. The molecule has 31 heavy (non-hydrogen) atoms. The molecule has 9 nitrogen and oxygen atoms in total. The zero-order valence-electron chi connectivity index (χ0n) is 17.5. The summed E-state index contributed by atoms with van der Waals surface area (Å²) in [6, 6.07) is 4.17. The number of rotatable bonds is 1. The van der Waals surface area contributed by atoms with Crippen molar-refractivity contribution in [1.29, 1.82) is 0 Å². The van der Waals surface area contributed by atoms with E-state index in [1.165, 1.54) is 6.42 Å². The minimum absolute atomic E-state index is 0.237. The lowest BCUT2D eigenvalue weighted by molar-refractivity contribution is 0.471. The van der Waals surface area contributed by atoms with Gasteiger partial charge in [0.25, 0.3) is 0 Å². The number of pyridine rings is 1. The van der Waals surface area contributed by atoms with E-state index in [2.05, 4.69) is 59.8 Å². The Balaban J connectivity index is 1.49. The molecule has 2 aliphatic rings. The van der Waals surface area contributed by atoms with Crippen molar-refractivity contribution in [2.75, 3.05) is 41.8 Å². The minimum Gasteiger partial charge on any atom is -0.354 e. The Morgan fingerprint density at radius 1 is 1.10 bits per heavy atom. The van der Waals surface area contributed by atoms with E-state index in [4.69, 9.17) is 5.10 Å². The van der Waals surface area contributed by atoms with Crippen LogP contribution in [0.25, 0.3) is 21.6 Å². The van der Waals surface area contributed by atoms with E-state index in [0.717, 1.165) is 58.6 Å². The Bertz CT molecular complexity index is 1260. The summed E-state index contributed by atoms with van der Waals surface area (Å²) in [5, 5.41) is 10.4. The Kier molecular flexibility index (Phi) is 4.27. The first-order valence-corrected chi connectivity index (χ1v) is 11.4. The molecule has 6 heterocycles. The number of thiazole rings is 1. The number of aromatic nitrogens is 6. The summed E-state index contributed by atoms with van der Waals surface area (Å²) in [5.74, 6) is 3.15. The summed E-state index contributed by atoms with van der Waals surface area (Å²) in [6.45, 7) is 5.22. The molecule has 6 rings (SSSR count). The second kappa shape index (κ2) is 7.16. The van der Waals surface area contributed by atoms with Crippen molar-refractivity contribution in [3.8, 4) is 10.7 Å². The van der Waals surface area contributed by atoms with Gasteiger partial charge >= 0.3 is 0 Å². The number of hydrogen-bond donors (Lipinski definition) is 1. The van der Waals surface area contributed by atoms with Gasteiger partial charge in [0.05, 0.1) is 28.0 Å². The maximum absolute atomic E-state index is 5.03. The van der Waals surface area contributed by atoms with Crippen molar-refractivity contribution in [2.45, 2.75) is 25.8 Å². The van der Waals surface area contributed by atoms with Crippen molar-refractivity contribution in [2.24, 2.45) is 0 Å². The molecule has 1 atom stereocenters. The summed E-state index contributed by atoms with van der Waals surface area (Å²) in [7, 11) is 2.08. The molecule has 0 radical (unpaired) electrons. The van der Waals surface area contributed by atoms with Crippen LogP contribution in [-0.4, -0.2) is 56.4 Å². The van der Waals surface area contributed by atoms with Gasteiger partial charge in [-0.1, -0.05) is 11.3 Å². The van der Waals surface area contributed by atoms with Crippen LogP contribution in [0.15, 0.2) is 30.7 Å². The molecule has 1 saturated heterocycles. The van der Waals surface area contributed by atoms with Crippen molar-refractivity contribution in [1.82, 2.24) is 29.7 Å². The molecule has 4 aromatic rings. The predicted molar refractivity (Wildman–Crippen MR) is 123 cm³/mol. The van der Waals surface area contributed by atoms with Crippen LogP contribution < -0.4 is 15.1 Å². The molecule has 0 amide bonds. The first-order valence-electron chi connectivity index (χ1n) is 10.6. The molecule has 6 bridgehead atoms. The highest BCUT2D eigenvalue weighted by molar-refractivity contribution is 7.18. The number of anilines is 4. The van der Waals surface area contributed by atoms with Crippen molar-refractivity contribution in [3.63, 3.8) is 0 Å². The van der Waals surface area contributed by atoms with Crippen molar-refractivity contribution in [3.05, 3.63) is 30.7 Å². The van der Waals surface area contributed by atoms with Gasteiger partial charge < -0.3 is 15.1 Å². The lowest BCUT2D eigenvalue weighted by Gasteiger charge is -2.31. The molecule has 0 saturated carbocycles. The second-order valence-electron chi connectivity index (χ2n) is 8.15. The summed E-state index contributed by atoms with van der Waals surface area (Å²) in [5.41, 5.74) is 1.09. The average Bonchev–Trinajstić information content (AvgIpc) is 3.36. The van der Waals surface area contributed by atoms with Crippen LogP contribution in [0.4, 0.5) is 22.6 Å². The van der Waals surface area contributed by atoms with Gasteiger partial charge in [0, 0.05) is 45.1 Å². The maximum Gasteiger partial charge on any atom is 0.185 e. The first-order chi connectivity index (χ1) is 15.2. The fraction of sp³-hybridized carbons (Fsp3) is 0.381. The highest BCUT2D eigenvalue weighted by atomic mass is 32.1. The summed E-state index contributed by atoms with van der Waals surface area (Å²) in [4.78, 5) is 23.9. The monoisotopic (exact) mass is 433 g/mol. The minimum atomic E-state index is 0.237. The standard InChI is InChI=1S/C21H23N9S/c1-13-5-9-28(2)21-24-12-16(31-21)19-22-6-4-17(26-19)25-18-10-15-14(11-23-18)20(27-30(13)15)29-7-3-8-29/h4,6,10-13H,3,5,7-9H2,1-2H3,(H,22,23,25,26). The van der Waals surface area contributed by atoms with E-state index in [9.17, 15) is 0 Å². The summed E-state index contributed by atoms with van der Waals surface area (Å²) >= 11 is 1.61. The van der Waals surface area contributed by atoms with Crippen LogP contribution in [0.2, 0.25) is 0 Å². The number of nitrogens with one attached hydrogen (secondary N) is 1. The van der Waals surface area contributed by atoms with Crippen LogP contribution in [0, 0.1) is 0 Å². The van der Waals surface area contributed by atoms with Gasteiger partial charge in [-0.15, -0.1) is 0 Å². The smallest absolute Gasteiger partial charge is 0.185 e. The largest absolute Gasteiger partial charge is 0.354 e. The van der Waals surface area contributed by atoms with Crippen molar-refractivity contribution < 1.29 is 0 Å². The van der Waals surface area contributed by atoms with E-state index in [-0.39, 0.29) is 6.04 Å².